The average Bonchev–Trinajstić information content (AvgIpc) is 2.00. The van der Waals surface area contributed by atoms with Crippen molar-refractivity contribution in [1.82, 2.24) is 0 Å². The molecule has 1 N–H and O–H groups in total. The molecule has 0 aliphatic heterocycles. The maximum absolute atomic E-state index is 9.11. The van der Waals surface area contributed by atoms with Crippen molar-refractivity contribution < 1.29 is 5.11 Å². The molecule has 1 heteroatoms. The van der Waals surface area contributed by atoms with Gasteiger partial charge in [0.1, 0.15) is 0 Å². The Bertz CT molecular complexity index is 99.2. The second-order valence-electron chi connectivity index (χ2n) is 4.32. The molecule has 0 spiro atoms. The highest BCUT2D eigenvalue weighted by atomic mass is 16.3. The molecule has 0 aliphatic rings. The maximum atomic E-state index is 9.11. The number of hydrogen-bond donors (Lipinski definition) is 1. The summed E-state index contributed by atoms with van der Waals surface area (Å²) in [6.45, 7) is 9.25. The molecule has 0 aliphatic carbocycles. The van der Waals surface area contributed by atoms with E-state index in [1.54, 1.807) is 0 Å². The van der Waals surface area contributed by atoms with E-state index in [4.69, 9.17) is 5.11 Å². The lowest BCUT2D eigenvalue weighted by Crippen LogP contribution is -2.16. The van der Waals surface area contributed by atoms with Crippen molar-refractivity contribution in [3.63, 3.8) is 0 Å². The van der Waals surface area contributed by atoms with Gasteiger partial charge in [-0.15, -0.1) is 0 Å². The van der Waals surface area contributed by atoms with E-state index >= 15 is 0 Å². The lowest BCUT2D eigenvalue weighted by molar-refractivity contribution is 0.163. The van der Waals surface area contributed by atoms with Crippen LogP contribution in [-0.4, -0.2) is 11.7 Å². The Morgan fingerprint density at radius 2 is 1.75 bits per heavy atom. The number of aliphatic hydroxyl groups excluding tert-OH is 1. The highest BCUT2D eigenvalue weighted by molar-refractivity contribution is 4.65. The van der Waals surface area contributed by atoms with Gasteiger partial charge >= 0.3 is 0 Å². The van der Waals surface area contributed by atoms with Gasteiger partial charge in [0.2, 0.25) is 0 Å². The van der Waals surface area contributed by atoms with Crippen molar-refractivity contribution in [3.05, 3.63) is 0 Å². The van der Waals surface area contributed by atoms with E-state index in [0.29, 0.717) is 18.4 Å². The van der Waals surface area contributed by atoms with E-state index in [2.05, 4.69) is 27.7 Å². The minimum Gasteiger partial charge on any atom is -0.396 e. The summed E-state index contributed by atoms with van der Waals surface area (Å²) in [4.78, 5) is 0. The molecule has 74 valence electrons. The van der Waals surface area contributed by atoms with Crippen molar-refractivity contribution in [2.75, 3.05) is 6.61 Å². The molecule has 0 aromatic carbocycles. The van der Waals surface area contributed by atoms with E-state index in [0.717, 1.165) is 5.92 Å². The summed E-state index contributed by atoms with van der Waals surface area (Å²) < 4.78 is 0. The van der Waals surface area contributed by atoms with Crippen LogP contribution < -0.4 is 0 Å². The Morgan fingerprint density at radius 3 is 2.08 bits per heavy atom. The number of aliphatic hydroxyl groups is 1. The molecule has 1 nitrogen and oxygen atoms in total. The molecular formula is C11H24O. The van der Waals surface area contributed by atoms with Crippen LogP contribution in [0.4, 0.5) is 0 Å². The van der Waals surface area contributed by atoms with E-state index in [9.17, 15) is 0 Å². The first-order valence-corrected chi connectivity index (χ1v) is 5.22. The van der Waals surface area contributed by atoms with Gasteiger partial charge in [0.05, 0.1) is 0 Å². The molecular weight excluding hydrogens is 148 g/mol. The fourth-order valence-electron chi connectivity index (χ4n) is 1.68. The van der Waals surface area contributed by atoms with Crippen LogP contribution >= 0.6 is 0 Å². The Hall–Kier alpha value is -0.0400. The van der Waals surface area contributed by atoms with Crippen LogP contribution in [0.25, 0.3) is 0 Å². The third kappa shape index (κ3) is 4.76. The zero-order chi connectivity index (χ0) is 9.56. The first kappa shape index (κ1) is 12.0. The molecule has 2 unspecified atom stereocenters. The predicted octanol–water partition coefficient (Wildman–Crippen LogP) is 3.08. The van der Waals surface area contributed by atoms with Crippen LogP contribution in [-0.2, 0) is 0 Å². The van der Waals surface area contributed by atoms with Crippen LogP contribution in [0.5, 0.6) is 0 Å². The first-order valence-electron chi connectivity index (χ1n) is 5.22. The summed E-state index contributed by atoms with van der Waals surface area (Å²) in [6, 6.07) is 0. The van der Waals surface area contributed by atoms with Crippen molar-refractivity contribution in [1.29, 1.82) is 0 Å². The maximum Gasteiger partial charge on any atom is 0.0461 e. The molecule has 0 heterocycles. The molecule has 0 saturated heterocycles. The van der Waals surface area contributed by atoms with Crippen LogP contribution in [0.1, 0.15) is 47.0 Å². The quantitative estimate of drug-likeness (QED) is 0.653. The van der Waals surface area contributed by atoms with Gasteiger partial charge in [0.25, 0.3) is 0 Å². The molecule has 0 rings (SSSR count). The molecule has 12 heavy (non-hydrogen) atoms. The Labute approximate surface area is 77.2 Å². The van der Waals surface area contributed by atoms with Gasteiger partial charge in [-0.2, -0.15) is 0 Å². The summed E-state index contributed by atoms with van der Waals surface area (Å²) >= 11 is 0. The Balaban J connectivity index is 3.69. The summed E-state index contributed by atoms with van der Waals surface area (Å²) in [5, 5.41) is 9.11. The molecule has 0 aromatic rings. The summed E-state index contributed by atoms with van der Waals surface area (Å²) in [6.07, 6.45) is 3.74. The molecule has 0 radical (unpaired) electrons. The molecule has 0 saturated carbocycles. The van der Waals surface area contributed by atoms with Crippen molar-refractivity contribution in [2.45, 2.75) is 47.0 Å². The van der Waals surface area contributed by atoms with Gasteiger partial charge in [-0.3, -0.25) is 0 Å². The first-order chi connectivity index (χ1) is 5.61. The van der Waals surface area contributed by atoms with Gasteiger partial charge in [-0.25, -0.2) is 0 Å². The smallest absolute Gasteiger partial charge is 0.0461 e. The molecule has 2 atom stereocenters. The van der Waals surface area contributed by atoms with Gasteiger partial charge in [-0.05, 0) is 24.2 Å². The van der Waals surface area contributed by atoms with E-state index in [1.165, 1.54) is 19.3 Å². The van der Waals surface area contributed by atoms with Crippen LogP contribution in [0, 0.1) is 17.8 Å². The summed E-state index contributed by atoms with van der Waals surface area (Å²) in [7, 11) is 0. The zero-order valence-corrected chi connectivity index (χ0v) is 9.01. The van der Waals surface area contributed by atoms with E-state index in [-0.39, 0.29) is 0 Å². The van der Waals surface area contributed by atoms with E-state index < -0.39 is 0 Å². The predicted molar refractivity (Wildman–Crippen MR) is 54.1 cm³/mol. The van der Waals surface area contributed by atoms with Crippen molar-refractivity contribution in [2.24, 2.45) is 17.8 Å². The molecule has 0 fully saturated rings. The SMILES string of the molecule is CCCC(C)CC(CO)C(C)C. The van der Waals surface area contributed by atoms with Gasteiger partial charge < -0.3 is 5.11 Å². The normalized spacial score (nSPS) is 16.5. The van der Waals surface area contributed by atoms with Crippen molar-refractivity contribution >= 4 is 0 Å². The van der Waals surface area contributed by atoms with E-state index in [1.807, 2.05) is 0 Å². The summed E-state index contributed by atoms with van der Waals surface area (Å²) in [5.74, 6) is 1.90. The minimum absolute atomic E-state index is 0.353. The lowest BCUT2D eigenvalue weighted by atomic mass is 9.86. The third-order valence-corrected chi connectivity index (χ3v) is 2.66. The van der Waals surface area contributed by atoms with Gasteiger partial charge in [0, 0.05) is 6.61 Å². The standard InChI is InChI=1S/C11H24O/c1-5-6-10(4)7-11(8-12)9(2)3/h9-12H,5-8H2,1-4H3. The summed E-state index contributed by atoms with van der Waals surface area (Å²) in [5.41, 5.74) is 0. The minimum atomic E-state index is 0.353. The Kier molecular flexibility index (Phi) is 6.45. The topological polar surface area (TPSA) is 20.2 Å². The fraction of sp³-hybridized carbons (Fsp3) is 1.00. The fourth-order valence-corrected chi connectivity index (χ4v) is 1.68. The highest BCUT2D eigenvalue weighted by Crippen LogP contribution is 2.22. The van der Waals surface area contributed by atoms with Gasteiger partial charge in [-0.1, -0.05) is 40.5 Å². The lowest BCUT2D eigenvalue weighted by Gasteiger charge is -2.21. The largest absolute Gasteiger partial charge is 0.396 e. The number of rotatable bonds is 6. The monoisotopic (exact) mass is 172 g/mol. The average molecular weight is 172 g/mol. The van der Waals surface area contributed by atoms with Crippen molar-refractivity contribution in [3.8, 4) is 0 Å². The zero-order valence-electron chi connectivity index (χ0n) is 9.01. The van der Waals surface area contributed by atoms with Gasteiger partial charge in [0.15, 0.2) is 0 Å². The molecule has 0 bridgehead atoms. The van der Waals surface area contributed by atoms with Crippen LogP contribution in [0.15, 0.2) is 0 Å². The van der Waals surface area contributed by atoms with Crippen LogP contribution in [0.2, 0.25) is 0 Å². The molecule has 0 aromatic heterocycles. The highest BCUT2D eigenvalue weighted by Gasteiger charge is 2.15. The third-order valence-electron chi connectivity index (χ3n) is 2.66. The number of hydrogen-bond acceptors (Lipinski definition) is 1. The Morgan fingerprint density at radius 1 is 1.17 bits per heavy atom. The van der Waals surface area contributed by atoms with Crippen LogP contribution in [0.3, 0.4) is 0 Å². The second-order valence-corrected chi connectivity index (χ2v) is 4.32. The molecule has 0 amide bonds. The second kappa shape index (κ2) is 6.47.